The standard InChI is InChI=1S/C21H24FN5O2/c1-12-9-25-20-19(12)18(5-6-24-20)29-17-4-3-13(7-15(17)22)8-16(23)21(28)26-14-10-27(2)11-14/h3-7,9,14,16H,8,10-11,23H2,1-2H3,(H,24,25)(H,26,28). The number of ether oxygens (including phenoxy) is 1. The molecule has 1 amide bonds. The molecule has 4 rings (SSSR count). The van der Waals surface area contributed by atoms with Crippen LogP contribution in [0.15, 0.2) is 36.7 Å². The Morgan fingerprint density at radius 1 is 1.41 bits per heavy atom. The first-order valence-electron chi connectivity index (χ1n) is 9.54. The van der Waals surface area contributed by atoms with Crippen LogP contribution in [0.4, 0.5) is 4.39 Å². The van der Waals surface area contributed by atoms with Gasteiger partial charge in [0, 0.05) is 25.5 Å². The number of nitrogens with one attached hydrogen (secondary N) is 2. The summed E-state index contributed by atoms with van der Waals surface area (Å²) >= 11 is 0. The Morgan fingerprint density at radius 3 is 2.93 bits per heavy atom. The van der Waals surface area contributed by atoms with Gasteiger partial charge in [-0.25, -0.2) is 9.37 Å². The van der Waals surface area contributed by atoms with Crippen LogP contribution in [0.5, 0.6) is 11.5 Å². The number of aromatic amines is 1. The molecule has 0 saturated carbocycles. The SMILES string of the molecule is Cc1c[nH]c2nccc(Oc3ccc(CC(N)C(=O)NC4CN(C)C4)cc3F)c12. The van der Waals surface area contributed by atoms with Gasteiger partial charge >= 0.3 is 0 Å². The number of pyridine rings is 1. The minimum absolute atomic E-state index is 0.109. The van der Waals surface area contributed by atoms with E-state index in [0.29, 0.717) is 17.0 Å². The maximum Gasteiger partial charge on any atom is 0.237 e. The molecule has 1 aliphatic rings. The summed E-state index contributed by atoms with van der Waals surface area (Å²) in [6.07, 6.45) is 3.69. The zero-order valence-corrected chi connectivity index (χ0v) is 16.4. The minimum Gasteiger partial charge on any atom is -0.453 e. The Bertz CT molecular complexity index is 1040. The molecule has 1 fully saturated rings. The Kier molecular flexibility index (Phi) is 5.21. The summed E-state index contributed by atoms with van der Waals surface area (Å²) in [7, 11) is 1.99. The molecule has 1 saturated heterocycles. The lowest BCUT2D eigenvalue weighted by Crippen LogP contribution is -2.60. The monoisotopic (exact) mass is 397 g/mol. The van der Waals surface area contributed by atoms with Crippen molar-refractivity contribution < 1.29 is 13.9 Å². The number of benzene rings is 1. The second-order valence-electron chi connectivity index (χ2n) is 7.61. The third-order valence-corrected chi connectivity index (χ3v) is 5.15. The zero-order valence-electron chi connectivity index (χ0n) is 16.4. The van der Waals surface area contributed by atoms with E-state index >= 15 is 0 Å². The molecule has 4 N–H and O–H groups in total. The summed E-state index contributed by atoms with van der Waals surface area (Å²) in [6.45, 7) is 3.57. The number of nitrogens with zero attached hydrogens (tertiary/aromatic N) is 2. The number of aromatic nitrogens is 2. The molecule has 0 radical (unpaired) electrons. The summed E-state index contributed by atoms with van der Waals surface area (Å²) in [4.78, 5) is 21.6. The lowest BCUT2D eigenvalue weighted by atomic mass is 10.0. The largest absolute Gasteiger partial charge is 0.453 e. The van der Waals surface area contributed by atoms with E-state index in [0.717, 1.165) is 24.0 Å². The number of H-pyrrole nitrogens is 1. The molecular formula is C21H24FN5O2. The highest BCUT2D eigenvalue weighted by molar-refractivity contribution is 5.86. The number of fused-ring (bicyclic) bond motifs is 1. The maximum absolute atomic E-state index is 14.6. The van der Waals surface area contributed by atoms with Gasteiger partial charge in [-0.15, -0.1) is 0 Å². The van der Waals surface area contributed by atoms with Crippen molar-refractivity contribution in [1.82, 2.24) is 20.2 Å². The minimum atomic E-state index is -0.727. The van der Waals surface area contributed by atoms with Crippen molar-refractivity contribution in [1.29, 1.82) is 0 Å². The zero-order chi connectivity index (χ0) is 20.5. The molecule has 1 unspecified atom stereocenters. The Morgan fingerprint density at radius 2 is 2.21 bits per heavy atom. The number of carbonyl (C=O) groups is 1. The average Bonchev–Trinajstić information content (AvgIpc) is 3.04. The predicted molar refractivity (Wildman–Crippen MR) is 108 cm³/mol. The summed E-state index contributed by atoms with van der Waals surface area (Å²) in [5.74, 6) is -0.0841. The summed E-state index contributed by atoms with van der Waals surface area (Å²) in [5.41, 5.74) is 8.29. The van der Waals surface area contributed by atoms with E-state index in [2.05, 4.69) is 20.2 Å². The van der Waals surface area contributed by atoms with Crippen LogP contribution in [0, 0.1) is 12.7 Å². The van der Waals surface area contributed by atoms with Crippen LogP contribution < -0.4 is 15.8 Å². The van der Waals surface area contributed by atoms with Crippen LogP contribution in [0.3, 0.4) is 0 Å². The molecule has 0 aliphatic carbocycles. The molecule has 0 spiro atoms. The number of likely N-dealkylation sites (tertiary alicyclic amines) is 1. The van der Waals surface area contributed by atoms with Crippen LogP contribution >= 0.6 is 0 Å². The highest BCUT2D eigenvalue weighted by Crippen LogP contribution is 2.32. The van der Waals surface area contributed by atoms with Crippen molar-refractivity contribution in [2.24, 2.45) is 5.73 Å². The first kappa shape index (κ1) is 19.4. The fourth-order valence-corrected chi connectivity index (χ4v) is 3.59. The van der Waals surface area contributed by atoms with Gasteiger partial charge in [-0.1, -0.05) is 6.07 Å². The number of rotatable bonds is 6. The van der Waals surface area contributed by atoms with E-state index in [-0.39, 0.29) is 24.1 Å². The van der Waals surface area contributed by atoms with Crippen molar-refractivity contribution in [2.45, 2.75) is 25.4 Å². The van der Waals surface area contributed by atoms with Crippen molar-refractivity contribution >= 4 is 16.9 Å². The first-order valence-corrected chi connectivity index (χ1v) is 9.54. The molecule has 1 aliphatic heterocycles. The Labute approximate surface area is 168 Å². The van der Waals surface area contributed by atoms with E-state index in [1.807, 2.05) is 20.2 Å². The molecule has 29 heavy (non-hydrogen) atoms. The molecule has 8 heteroatoms. The highest BCUT2D eigenvalue weighted by atomic mass is 19.1. The third kappa shape index (κ3) is 4.08. The van der Waals surface area contributed by atoms with Gasteiger partial charge in [0.05, 0.1) is 17.5 Å². The van der Waals surface area contributed by atoms with Crippen molar-refractivity contribution in [3.63, 3.8) is 0 Å². The lowest BCUT2D eigenvalue weighted by Gasteiger charge is -2.37. The van der Waals surface area contributed by atoms with Crippen molar-refractivity contribution in [3.8, 4) is 11.5 Å². The normalized spacial score (nSPS) is 15.9. The summed E-state index contributed by atoms with van der Waals surface area (Å²) in [5, 5.41) is 3.73. The van der Waals surface area contributed by atoms with Crippen LogP contribution in [0.2, 0.25) is 0 Å². The number of likely N-dealkylation sites (N-methyl/N-ethyl adjacent to an activating group) is 1. The molecule has 1 aromatic carbocycles. The molecule has 3 aromatic rings. The van der Waals surface area contributed by atoms with Gasteiger partial charge in [-0.2, -0.15) is 0 Å². The molecule has 3 heterocycles. The lowest BCUT2D eigenvalue weighted by molar-refractivity contribution is -0.124. The predicted octanol–water partition coefficient (Wildman–Crippen LogP) is 2.10. The van der Waals surface area contributed by atoms with E-state index in [1.165, 1.54) is 6.07 Å². The Hall–Kier alpha value is -2.97. The van der Waals surface area contributed by atoms with Crippen molar-refractivity contribution in [3.05, 3.63) is 53.6 Å². The quantitative estimate of drug-likeness (QED) is 0.592. The summed E-state index contributed by atoms with van der Waals surface area (Å²) < 4.78 is 20.4. The number of amides is 1. The third-order valence-electron chi connectivity index (χ3n) is 5.15. The molecule has 2 aromatic heterocycles. The van der Waals surface area contributed by atoms with Crippen molar-refractivity contribution in [2.75, 3.05) is 20.1 Å². The van der Waals surface area contributed by atoms with Gasteiger partial charge in [0.25, 0.3) is 0 Å². The van der Waals surface area contributed by atoms with Gasteiger partial charge in [0.1, 0.15) is 11.4 Å². The molecule has 0 bridgehead atoms. The molecular weight excluding hydrogens is 373 g/mol. The second kappa shape index (κ2) is 7.81. The number of aryl methyl sites for hydroxylation is 1. The van der Waals surface area contributed by atoms with Crippen LogP contribution in [-0.2, 0) is 11.2 Å². The highest BCUT2D eigenvalue weighted by Gasteiger charge is 2.26. The van der Waals surface area contributed by atoms with Gasteiger partial charge in [0.15, 0.2) is 11.6 Å². The van der Waals surface area contributed by atoms with Gasteiger partial charge in [-0.05, 0) is 49.7 Å². The first-order chi connectivity index (χ1) is 13.9. The molecule has 152 valence electrons. The van der Waals surface area contributed by atoms with Gasteiger partial charge < -0.3 is 25.7 Å². The Balaban J connectivity index is 1.43. The van der Waals surface area contributed by atoms with Crippen LogP contribution in [0.1, 0.15) is 11.1 Å². The number of carbonyl (C=O) groups excluding carboxylic acids is 1. The van der Waals surface area contributed by atoms with Gasteiger partial charge in [0.2, 0.25) is 5.91 Å². The van der Waals surface area contributed by atoms with Crippen LogP contribution in [-0.4, -0.2) is 53.0 Å². The van der Waals surface area contributed by atoms with Crippen LogP contribution in [0.25, 0.3) is 11.0 Å². The van der Waals surface area contributed by atoms with E-state index in [4.69, 9.17) is 10.5 Å². The topological polar surface area (TPSA) is 96.3 Å². The fourth-order valence-electron chi connectivity index (χ4n) is 3.59. The summed E-state index contributed by atoms with van der Waals surface area (Å²) in [6, 6.07) is 5.76. The van der Waals surface area contributed by atoms with E-state index < -0.39 is 11.9 Å². The van der Waals surface area contributed by atoms with E-state index in [1.54, 1.807) is 24.4 Å². The average molecular weight is 397 g/mol. The van der Waals surface area contributed by atoms with Gasteiger partial charge in [-0.3, -0.25) is 4.79 Å². The number of hydrogen-bond acceptors (Lipinski definition) is 5. The molecule has 1 atom stereocenters. The van der Waals surface area contributed by atoms with E-state index in [9.17, 15) is 9.18 Å². The smallest absolute Gasteiger partial charge is 0.237 e. The number of hydrogen-bond donors (Lipinski definition) is 3. The molecule has 7 nitrogen and oxygen atoms in total. The number of halogens is 1. The second-order valence-corrected chi connectivity index (χ2v) is 7.61. The fraction of sp³-hybridized carbons (Fsp3) is 0.333. The maximum atomic E-state index is 14.6. The number of nitrogens with two attached hydrogens (primary N) is 1.